The molecule has 0 saturated carbocycles. The number of hydrogen-bond donors (Lipinski definition) is 2. The van der Waals surface area contributed by atoms with Crippen molar-refractivity contribution < 1.29 is 33.0 Å². The van der Waals surface area contributed by atoms with E-state index in [0.29, 0.717) is 11.3 Å². The number of fused-ring (bicyclic) bond motifs is 1. The molecule has 2 atom stereocenters. The van der Waals surface area contributed by atoms with E-state index in [0.717, 1.165) is 15.7 Å². The minimum absolute atomic E-state index is 0.0627. The lowest BCUT2D eigenvalue weighted by Crippen LogP contribution is -2.42. The molecule has 7 nitrogen and oxygen atoms in total. The summed E-state index contributed by atoms with van der Waals surface area (Å²) in [6.45, 7) is -1.84. The van der Waals surface area contributed by atoms with E-state index in [-0.39, 0.29) is 18.9 Å². The smallest absolute Gasteiger partial charge is 0.387 e. The van der Waals surface area contributed by atoms with Gasteiger partial charge in [0, 0.05) is 0 Å². The average molecular weight is 456 g/mol. The van der Waals surface area contributed by atoms with Crippen molar-refractivity contribution in [2.24, 2.45) is 0 Å². The maximum Gasteiger partial charge on any atom is 0.387 e. The number of β-amino-alcohol motifs (C(OH)–C–C–N with tert-alkyl or cyclic N) is 1. The lowest BCUT2D eigenvalue weighted by Gasteiger charge is -2.23. The third kappa shape index (κ3) is 4.73. The zero-order valence-corrected chi connectivity index (χ0v) is 17.7. The minimum Gasteiger partial charge on any atom is -0.491 e. The Morgan fingerprint density at radius 2 is 1.67 bits per heavy atom. The Morgan fingerprint density at radius 1 is 1.00 bits per heavy atom. The van der Waals surface area contributed by atoms with Gasteiger partial charge < -0.3 is 19.9 Å². The first-order valence-corrected chi connectivity index (χ1v) is 10.3. The molecule has 3 aromatic carbocycles. The zero-order valence-electron chi connectivity index (χ0n) is 17.7. The summed E-state index contributed by atoms with van der Waals surface area (Å²) < 4.78 is 34.7. The molecular weight excluding hydrogens is 434 g/mol. The van der Waals surface area contributed by atoms with Crippen LogP contribution in [0.3, 0.4) is 0 Å². The maximum atomic E-state index is 13.0. The van der Waals surface area contributed by atoms with Crippen molar-refractivity contribution in [3.63, 3.8) is 0 Å². The predicted octanol–water partition coefficient (Wildman–Crippen LogP) is 3.65. The molecule has 1 fully saturated rings. The second-order valence-corrected chi connectivity index (χ2v) is 7.85. The number of rotatable bonds is 8. The van der Waals surface area contributed by atoms with Crippen molar-refractivity contribution in [2.45, 2.75) is 25.2 Å². The number of hydrogen-bond acceptors (Lipinski definition) is 5. The fraction of sp³-hybridized carbons (Fsp3) is 0.250. The Labute approximate surface area is 188 Å². The fourth-order valence-electron chi connectivity index (χ4n) is 3.74. The standard InChI is InChI=1S/C24H22F2N2O5/c1-24(17-7-10-19(11-8-17)33-22(25)26)21(30)28(23(31)27-24)13-18(29)14-32-20-9-6-15-4-2-3-5-16(15)12-20/h2-12,18,22,29H,13-14H2,1H3,(H,27,31). The molecule has 0 radical (unpaired) electrons. The summed E-state index contributed by atoms with van der Waals surface area (Å²) in [7, 11) is 0. The summed E-state index contributed by atoms with van der Waals surface area (Å²) in [6, 6.07) is 18.1. The van der Waals surface area contributed by atoms with Gasteiger partial charge in [0.15, 0.2) is 0 Å². The molecule has 0 spiro atoms. The van der Waals surface area contributed by atoms with Crippen LogP contribution in [0, 0.1) is 0 Å². The summed E-state index contributed by atoms with van der Waals surface area (Å²) in [5.74, 6) is -0.0760. The SMILES string of the molecule is CC1(c2ccc(OC(F)F)cc2)NC(=O)N(CC(O)COc2ccc3ccccc3c2)C1=O. The van der Waals surface area contributed by atoms with Gasteiger partial charge >= 0.3 is 12.6 Å². The van der Waals surface area contributed by atoms with E-state index in [9.17, 15) is 23.5 Å². The lowest BCUT2D eigenvalue weighted by atomic mass is 9.92. The fourth-order valence-corrected chi connectivity index (χ4v) is 3.74. The first-order valence-electron chi connectivity index (χ1n) is 10.3. The number of alkyl halides is 2. The van der Waals surface area contributed by atoms with E-state index >= 15 is 0 Å². The minimum atomic E-state index is -2.96. The summed E-state index contributed by atoms with van der Waals surface area (Å²) >= 11 is 0. The highest BCUT2D eigenvalue weighted by molar-refractivity contribution is 6.07. The Kier molecular flexibility index (Phi) is 6.15. The molecule has 2 unspecified atom stereocenters. The second kappa shape index (κ2) is 9.03. The Hall–Kier alpha value is -3.72. The number of carbonyl (C=O) groups excluding carboxylic acids is 2. The first kappa shape index (κ1) is 22.5. The number of halogens is 2. The summed E-state index contributed by atoms with van der Waals surface area (Å²) in [5, 5.41) is 15.0. The molecule has 0 aliphatic carbocycles. The van der Waals surface area contributed by atoms with Crippen molar-refractivity contribution in [1.82, 2.24) is 10.2 Å². The van der Waals surface area contributed by atoms with Crippen molar-refractivity contribution in [3.8, 4) is 11.5 Å². The van der Waals surface area contributed by atoms with E-state index < -0.39 is 30.2 Å². The third-order valence-corrected chi connectivity index (χ3v) is 5.49. The van der Waals surface area contributed by atoms with Gasteiger partial charge in [-0.1, -0.05) is 42.5 Å². The number of benzene rings is 3. The van der Waals surface area contributed by atoms with E-state index in [1.54, 1.807) is 6.07 Å². The van der Waals surface area contributed by atoms with E-state index in [2.05, 4.69) is 10.1 Å². The van der Waals surface area contributed by atoms with Gasteiger partial charge in [-0.05, 0) is 47.5 Å². The topological polar surface area (TPSA) is 88.1 Å². The van der Waals surface area contributed by atoms with Gasteiger partial charge in [-0.15, -0.1) is 0 Å². The zero-order chi connectivity index (χ0) is 23.6. The maximum absolute atomic E-state index is 13.0. The van der Waals surface area contributed by atoms with Crippen LogP contribution < -0.4 is 14.8 Å². The monoisotopic (exact) mass is 456 g/mol. The molecule has 1 heterocycles. The molecule has 3 amide bonds. The van der Waals surface area contributed by atoms with Crippen LogP contribution in [-0.2, 0) is 10.3 Å². The molecule has 1 aliphatic rings. The number of amides is 3. The van der Waals surface area contributed by atoms with Gasteiger partial charge in [0.25, 0.3) is 5.91 Å². The highest BCUT2D eigenvalue weighted by Gasteiger charge is 2.49. The van der Waals surface area contributed by atoms with Crippen LogP contribution in [0.4, 0.5) is 13.6 Å². The Balaban J connectivity index is 1.39. The Morgan fingerprint density at radius 3 is 2.36 bits per heavy atom. The number of ether oxygens (including phenoxy) is 2. The quantitative estimate of drug-likeness (QED) is 0.506. The highest BCUT2D eigenvalue weighted by Crippen LogP contribution is 2.30. The second-order valence-electron chi connectivity index (χ2n) is 7.85. The molecule has 2 N–H and O–H groups in total. The summed E-state index contributed by atoms with van der Waals surface area (Å²) in [5.41, 5.74) is -1.01. The predicted molar refractivity (Wildman–Crippen MR) is 116 cm³/mol. The molecule has 9 heteroatoms. The van der Waals surface area contributed by atoms with Gasteiger partial charge in [0.2, 0.25) is 0 Å². The largest absolute Gasteiger partial charge is 0.491 e. The van der Waals surface area contributed by atoms with Gasteiger partial charge in [-0.2, -0.15) is 8.78 Å². The number of nitrogens with zero attached hydrogens (tertiary/aromatic N) is 1. The van der Waals surface area contributed by atoms with Crippen LogP contribution in [-0.4, -0.2) is 47.8 Å². The van der Waals surface area contributed by atoms with Crippen LogP contribution in [0.2, 0.25) is 0 Å². The molecule has 0 aromatic heterocycles. The number of urea groups is 1. The number of imide groups is 1. The van der Waals surface area contributed by atoms with E-state index in [4.69, 9.17) is 4.74 Å². The van der Waals surface area contributed by atoms with Gasteiger partial charge in [0.1, 0.15) is 29.7 Å². The third-order valence-electron chi connectivity index (χ3n) is 5.49. The first-order chi connectivity index (χ1) is 15.8. The van der Waals surface area contributed by atoms with Crippen molar-refractivity contribution in [3.05, 3.63) is 72.3 Å². The molecule has 1 aliphatic heterocycles. The van der Waals surface area contributed by atoms with Crippen LogP contribution in [0.5, 0.6) is 11.5 Å². The van der Waals surface area contributed by atoms with Crippen LogP contribution in [0.15, 0.2) is 66.7 Å². The van der Waals surface area contributed by atoms with Crippen molar-refractivity contribution in [1.29, 1.82) is 0 Å². The van der Waals surface area contributed by atoms with Crippen molar-refractivity contribution >= 4 is 22.7 Å². The number of nitrogens with one attached hydrogen (secondary N) is 1. The van der Waals surface area contributed by atoms with E-state index in [1.807, 2.05) is 36.4 Å². The Bertz CT molecular complexity index is 1170. The molecule has 4 rings (SSSR count). The summed E-state index contributed by atoms with van der Waals surface area (Å²) in [6.07, 6.45) is -1.12. The average Bonchev–Trinajstić information content (AvgIpc) is 3.01. The molecule has 172 valence electrons. The van der Waals surface area contributed by atoms with Crippen molar-refractivity contribution in [2.75, 3.05) is 13.2 Å². The molecule has 0 bridgehead atoms. The lowest BCUT2D eigenvalue weighted by molar-refractivity contribution is -0.132. The normalized spacial score (nSPS) is 19.1. The van der Waals surface area contributed by atoms with Gasteiger partial charge in [0.05, 0.1) is 6.54 Å². The van der Waals surface area contributed by atoms with Crippen LogP contribution in [0.25, 0.3) is 10.8 Å². The molecule has 33 heavy (non-hydrogen) atoms. The molecular formula is C24H22F2N2O5. The van der Waals surface area contributed by atoms with Gasteiger partial charge in [-0.3, -0.25) is 9.69 Å². The van der Waals surface area contributed by atoms with Crippen LogP contribution >= 0.6 is 0 Å². The molecule has 3 aromatic rings. The van der Waals surface area contributed by atoms with E-state index in [1.165, 1.54) is 31.2 Å². The number of aliphatic hydroxyl groups is 1. The van der Waals surface area contributed by atoms with Gasteiger partial charge in [-0.25, -0.2) is 4.79 Å². The molecule has 1 saturated heterocycles. The highest BCUT2D eigenvalue weighted by atomic mass is 19.3. The summed E-state index contributed by atoms with van der Waals surface area (Å²) in [4.78, 5) is 26.4. The number of carbonyl (C=O) groups is 2. The number of aliphatic hydroxyl groups excluding tert-OH is 1. The van der Waals surface area contributed by atoms with Crippen LogP contribution in [0.1, 0.15) is 12.5 Å².